The fourth-order valence-corrected chi connectivity index (χ4v) is 1.32. The van der Waals surface area contributed by atoms with Crippen molar-refractivity contribution < 1.29 is 24.0 Å². The highest BCUT2D eigenvalue weighted by Crippen LogP contribution is 2.14. The molecule has 7 heteroatoms. The number of rotatable bonds is 8. The summed E-state index contributed by atoms with van der Waals surface area (Å²) in [5.41, 5.74) is 0.403. The van der Waals surface area contributed by atoms with E-state index in [1.54, 1.807) is 0 Å². The van der Waals surface area contributed by atoms with Crippen molar-refractivity contribution in [2.45, 2.75) is 26.0 Å². The predicted molar refractivity (Wildman–Crippen MR) is 69.1 cm³/mol. The number of hydrogen-bond acceptors (Lipinski definition) is 6. The third-order valence-corrected chi connectivity index (χ3v) is 2.40. The number of nitro groups is 1. The second-order valence-corrected chi connectivity index (χ2v) is 3.96. The van der Waals surface area contributed by atoms with Gasteiger partial charge in [0, 0.05) is 5.56 Å². The summed E-state index contributed by atoms with van der Waals surface area (Å²) < 4.78 is 9.74. The first-order valence-corrected chi connectivity index (χ1v) is 6.10. The molecule has 20 heavy (non-hydrogen) atoms. The van der Waals surface area contributed by atoms with Gasteiger partial charge < -0.3 is 9.47 Å². The molecule has 1 atom stereocenters. The lowest BCUT2D eigenvalue weighted by atomic mass is 10.2. The summed E-state index contributed by atoms with van der Waals surface area (Å²) in [5, 5.41) is 10.8. The summed E-state index contributed by atoms with van der Waals surface area (Å²) in [7, 11) is 0. The Balaban J connectivity index is 2.68. The number of aldehydes is 1. The van der Waals surface area contributed by atoms with Crippen LogP contribution in [0.1, 0.15) is 30.1 Å². The quantitative estimate of drug-likeness (QED) is 0.180. The predicted octanol–water partition coefficient (Wildman–Crippen LogP) is 1.82. The highest BCUT2D eigenvalue weighted by Gasteiger charge is 2.33. The Bertz CT molecular complexity index is 470. The maximum Gasteiger partial charge on any atom is 0.452 e. The van der Waals surface area contributed by atoms with Crippen LogP contribution in [0.15, 0.2) is 24.3 Å². The van der Waals surface area contributed by atoms with Crippen LogP contribution in [-0.4, -0.2) is 30.0 Å². The molecule has 0 aromatic heterocycles. The standard InChI is InChI=1S/C13H15NO6/c1-2-3-8-19-13(16)12(14(17)18)20-11-6-4-10(9-15)5-7-11/h4-7,9,12H,2-3,8H2,1H3. The minimum absolute atomic E-state index is 0.116. The highest BCUT2D eigenvalue weighted by atomic mass is 16.7. The van der Waals surface area contributed by atoms with Crippen LogP contribution in [0, 0.1) is 10.1 Å². The van der Waals surface area contributed by atoms with Gasteiger partial charge in [-0.05, 0) is 30.7 Å². The molecule has 0 spiro atoms. The molecule has 1 aromatic carbocycles. The fraction of sp³-hybridized carbons (Fsp3) is 0.385. The lowest BCUT2D eigenvalue weighted by Crippen LogP contribution is -2.36. The van der Waals surface area contributed by atoms with Gasteiger partial charge in [-0.1, -0.05) is 13.3 Å². The van der Waals surface area contributed by atoms with Gasteiger partial charge in [-0.2, -0.15) is 0 Å². The molecule has 108 valence electrons. The zero-order valence-electron chi connectivity index (χ0n) is 11.0. The third kappa shape index (κ3) is 4.68. The first-order valence-electron chi connectivity index (χ1n) is 6.10. The van der Waals surface area contributed by atoms with Crippen LogP contribution in [-0.2, 0) is 9.53 Å². The van der Waals surface area contributed by atoms with Crippen molar-refractivity contribution in [3.05, 3.63) is 39.9 Å². The lowest BCUT2D eigenvalue weighted by molar-refractivity contribution is -0.548. The van der Waals surface area contributed by atoms with E-state index in [1.165, 1.54) is 24.3 Å². The summed E-state index contributed by atoms with van der Waals surface area (Å²) in [6.07, 6.45) is 0.163. The van der Waals surface area contributed by atoms with E-state index < -0.39 is 17.1 Å². The number of carbonyl (C=O) groups is 2. The highest BCUT2D eigenvalue weighted by molar-refractivity contribution is 5.75. The van der Waals surface area contributed by atoms with E-state index >= 15 is 0 Å². The Hall–Kier alpha value is -2.44. The van der Waals surface area contributed by atoms with Crippen LogP contribution < -0.4 is 4.74 Å². The first-order chi connectivity index (χ1) is 9.58. The summed E-state index contributed by atoms with van der Waals surface area (Å²) >= 11 is 0. The van der Waals surface area contributed by atoms with Crippen LogP contribution in [0.25, 0.3) is 0 Å². The van der Waals surface area contributed by atoms with Crippen LogP contribution in [0.5, 0.6) is 5.75 Å². The third-order valence-electron chi connectivity index (χ3n) is 2.40. The van der Waals surface area contributed by atoms with Crippen molar-refractivity contribution in [1.82, 2.24) is 0 Å². The van der Waals surface area contributed by atoms with E-state index in [0.29, 0.717) is 18.3 Å². The second kappa shape index (κ2) is 7.88. The largest absolute Gasteiger partial charge is 0.458 e. The van der Waals surface area contributed by atoms with Crippen molar-refractivity contribution in [1.29, 1.82) is 0 Å². The minimum Gasteiger partial charge on any atom is -0.458 e. The van der Waals surface area contributed by atoms with Gasteiger partial charge in [-0.15, -0.1) is 0 Å². The van der Waals surface area contributed by atoms with Gasteiger partial charge in [0.15, 0.2) is 0 Å². The maximum absolute atomic E-state index is 11.5. The Morgan fingerprint density at radius 1 is 1.40 bits per heavy atom. The number of unbranched alkanes of at least 4 members (excludes halogenated alkanes) is 1. The molecule has 7 nitrogen and oxygen atoms in total. The molecule has 0 N–H and O–H groups in total. The number of hydrogen-bond donors (Lipinski definition) is 0. The molecule has 0 bridgehead atoms. The molecular weight excluding hydrogens is 266 g/mol. The number of ether oxygens (including phenoxy) is 2. The van der Waals surface area contributed by atoms with E-state index in [2.05, 4.69) is 0 Å². The monoisotopic (exact) mass is 281 g/mol. The maximum atomic E-state index is 11.5. The molecule has 1 unspecified atom stereocenters. The molecule has 0 aliphatic heterocycles. The SMILES string of the molecule is CCCCOC(=O)C(Oc1ccc(C=O)cc1)[N+](=O)[O-]. The van der Waals surface area contributed by atoms with Crippen LogP contribution in [0.3, 0.4) is 0 Å². The molecule has 0 saturated carbocycles. The van der Waals surface area contributed by atoms with Crippen LogP contribution in [0.2, 0.25) is 0 Å². The van der Waals surface area contributed by atoms with Crippen LogP contribution in [0.4, 0.5) is 0 Å². The second-order valence-electron chi connectivity index (χ2n) is 3.96. The summed E-state index contributed by atoms with van der Waals surface area (Å²) in [6, 6.07) is 5.61. The summed E-state index contributed by atoms with van der Waals surface area (Å²) in [6.45, 7) is 2.02. The molecule has 0 aliphatic rings. The van der Waals surface area contributed by atoms with Crippen molar-refractivity contribution in [2.24, 2.45) is 0 Å². The van der Waals surface area contributed by atoms with Crippen molar-refractivity contribution >= 4 is 12.3 Å². The van der Waals surface area contributed by atoms with Crippen molar-refractivity contribution in [2.75, 3.05) is 6.61 Å². The molecule has 0 aliphatic carbocycles. The van der Waals surface area contributed by atoms with Crippen molar-refractivity contribution in [3.8, 4) is 5.75 Å². The van der Waals surface area contributed by atoms with E-state index in [4.69, 9.17) is 9.47 Å². The molecule has 1 aromatic rings. The average Bonchev–Trinajstić information content (AvgIpc) is 2.45. The Morgan fingerprint density at radius 2 is 2.05 bits per heavy atom. The molecule has 0 radical (unpaired) electrons. The minimum atomic E-state index is -1.91. The number of nitrogens with zero attached hydrogens (tertiary/aromatic N) is 1. The van der Waals surface area contributed by atoms with Gasteiger partial charge >= 0.3 is 12.2 Å². The van der Waals surface area contributed by atoms with Gasteiger partial charge in [-0.3, -0.25) is 14.9 Å². The summed E-state index contributed by atoms with van der Waals surface area (Å²) in [5.74, 6) is -0.923. The molecule has 1 rings (SSSR count). The number of carbonyl (C=O) groups excluding carboxylic acids is 2. The van der Waals surface area contributed by atoms with E-state index in [9.17, 15) is 19.7 Å². The lowest BCUT2D eigenvalue weighted by Gasteiger charge is -2.11. The molecule has 0 amide bonds. The zero-order valence-corrected chi connectivity index (χ0v) is 11.0. The Labute approximate surface area is 115 Å². The molecule has 0 saturated heterocycles. The Morgan fingerprint density at radius 3 is 2.55 bits per heavy atom. The summed E-state index contributed by atoms with van der Waals surface area (Å²) in [4.78, 5) is 32.0. The number of benzene rings is 1. The Kier molecular flexibility index (Phi) is 6.15. The smallest absolute Gasteiger partial charge is 0.452 e. The zero-order chi connectivity index (χ0) is 15.0. The van der Waals surface area contributed by atoms with Gasteiger partial charge in [0.2, 0.25) is 0 Å². The van der Waals surface area contributed by atoms with Gasteiger partial charge in [0.1, 0.15) is 12.0 Å². The van der Waals surface area contributed by atoms with Crippen LogP contribution >= 0.6 is 0 Å². The van der Waals surface area contributed by atoms with Gasteiger partial charge in [0.05, 0.1) is 11.5 Å². The normalized spacial score (nSPS) is 11.4. The molecular formula is C13H15NO6. The van der Waals surface area contributed by atoms with E-state index in [-0.39, 0.29) is 12.4 Å². The fourth-order valence-electron chi connectivity index (χ4n) is 1.32. The van der Waals surface area contributed by atoms with E-state index in [1.807, 2.05) is 6.92 Å². The first kappa shape index (κ1) is 15.6. The van der Waals surface area contributed by atoms with Gasteiger partial charge in [-0.25, -0.2) is 4.79 Å². The van der Waals surface area contributed by atoms with E-state index in [0.717, 1.165) is 6.42 Å². The topological polar surface area (TPSA) is 95.7 Å². The average molecular weight is 281 g/mol. The van der Waals surface area contributed by atoms with Gasteiger partial charge in [0.25, 0.3) is 0 Å². The van der Waals surface area contributed by atoms with Crippen molar-refractivity contribution in [3.63, 3.8) is 0 Å². The molecule has 0 heterocycles. The molecule has 0 fully saturated rings. The number of esters is 1.